The second kappa shape index (κ2) is 9.78. The van der Waals surface area contributed by atoms with E-state index in [1.807, 2.05) is 66.7 Å². The van der Waals surface area contributed by atoms with Crippen molar-refractivity contribution in [3.63, 3.8) is 0 Å². The van der Waals surface area contributed by atoms with Crippen molar-refractivity contribution in [1.82, 2.24) is 29.8 Å². The number of rotatable bonds is 8. The molecule has 3 aromatic heterocycles. The van der Waals surface area contributed by atoms with Gasteiger partial charge in [0.15, 0.2) is 0 Å². The summed E-state index contributed by atoms with van der Waals surface area (Å²) in [7, 11) is 0. The third-order valence-electron chi connectivity index (χ3n) is 5.12. The van der Waals surface area contributed by atoms with Gasteiger partial charge in [0.05, 0.1) is 17.6 Å². The molecular weight excluding hydrogens is 428 g/mol. The summed E-state index contributed by atoms with van der Waals surface area (Å²) >= 11 is 0. The molecule has 0 bridgehead atoms. The van der Waals surface area contributed by atoms with E-state index in [9.17, 15) is 4.79 Å². The van der Waals surface area contributed by atoms with Crippen LogP contribution in [0.1, 0.15) is 21.9 Å². The van der Waals surface area contributed by atoms with E-state index in [0.29, 0.717) is 24.7 Å². The number of H-pyrrole nitrogens is 1. The molecule has 0 saturated carbocycles. The zero-order valence-electron chi connectivity index (χ0n) is 18.2. The SMILES string of the molecule is O=C(c1ccnc(NNc2ccccn2)n1)N(Cc1ccccc1)Cc1nc2ccccc2[nH]1. The van der Waals surface area contributed by atoms with Crippen LogP contribution < -0.4 is 10.9 Å². The van der Waals surface area contributed by atoms with Crippen molar-refractivity contribution in [3.05, 3.63) is 108 Å². The Balaban J connectivity index is 1.38. The van der Waals surface area contributed by atoms with E-state index in [-0.39, 0.29) is 17.5 Å². The van der Waals surface area contributed by atoms with Crippen LogP contribution in [-0.4, -0.2) is 35.7 Å². The summed E-state index contributed by atoms with van der Waals surface area (Å²) < 4.78 is 0. The van der Waals surface area contributed by atoms with Gasteiger partial charge >= 0.3 is 0 Å². The number of amides is 1. The average Bonchev–Trinajstić information content (AvgIpc) is 3.30. The summed E-state index contributed by atoms with van der Waals surface area (Å²) in [5, 5.41) is 0. The monoisotopic (exact) mass is 450 g/mol. The van der Waals surface area contributed by atoms with Gasteiger partial charge in [0, 0.05) is 18.9 Å². The molecule has 0 aliphatic heterocycles. The third kappa shape index (κ3) is 4.99. The molecule has 0 aliphatic carbocycles. The van der Waals surface area contributed by atoms with Gasteiger partial charge in [-0.05, 0) is 35.9 Å². The van der Waals surface area contributed by atoms with Gasteiger partial charge in [-0.25, -0.2) is 19.9 Å². The molecule has 168 valence electrons. The third-order valence-corrected chi connectivity index (χ3v) is 5.12. The number of benzene rings is 2. The van der Waals surface area contributed by atoms with Crippen LogP contribution in [0.25, 0.3) is 11.0 Å². The lowest BCUT2D eigenvalue weighted by molar-refractivity contribution is 0.0720. The molecular formula is C25H22N8O. The summed E-state index contributed by atoms with van der Waals surface area (Å²) in [6, 6.07) is 24.7. The minimum absolute atomic E-state index is 0.229. The Morgan fingerprint density at radius 3 is 2.44 bits per heavy atom. The number of para-hydroxylation sites is 2. The lowest BCUT2D eigenvalue weighted by Crippen LogP contribution is -2.31. The van der Waals surface area contributed by atoms with Gasteiger partial charge in [0.25, 0.3) is 5.91 Å². The highest BCUT2D eigenvalue weighted by Crippen LogP contribution is 2.16. The molecule has 0 unspecified atom stereocenters. The summed E-state index contributed by atoms with van der Waals surface area (Å²) in [5.74, 6) is 1.35. The molecule has 0 spiro atoms. The van der Waals surface area contributed by atoms with Crippen LogP contribution in [0.5, 0.6) is 0 Å². The number of aromatic amines is 1. The highest BCUT2D eigenvalue weighted by atomic mass is 16.2. The quantitative estimate of drug-likeness (QED) is 0.306. The first-order valence-electron chi connectivity index (χ1n) is 10.8. The van der Waals surface area contributed by atoms with Crippen molar-refractivity contribution in [2.45, 2.75) is 13.1 Å². The predicted octanol–water partition coefficient (Wildman–Crippen LogP) is 4.03. The molecule has 3 heterocycles. The molecule has 3 N–H and O–H groups in total. The molecule has 1 amide bonds. The maximum atomic E-state index is 13.5. The van der Waals surface area contributed by atoms with Crippen LogP contribution in [0.3, 0.4) is 0 Å². The Morgan fingerprint density at radius 1 is 0.794 bits per heavy atom. The van der Waals surface area contributed by atoms with Gasteiger partial charge in [0.1, 0.15) is 17.3 Å². The lowest BCUT2D eigenvalue weighted by Gasteiger charge is -2.21. The van der Waals surface area contributed by atoms with Gasteiger partial charge in [-0.1, -0.05) is 48.5 Å². The van der Waals surface area contributed by atoms with Gasteiger partial charge < -0.3 is 9.88 Å². The van der Waals surface area contributed by atoms with Crippen molar-refractivity contribution in [2.24, 2.45) is 0 Å². The number of nitrogens with one attached hydrogen (secondary N) is 3. The maximum Gasteiger partial charge on any atom is 0.273 e. The van der Waals surface area contributed by atoms with Gasteiger partial charge in [-0.15, -0.1) is 0 Å². The molecule has 5 aromatic rings. The summed E-state index contributed by atoms with van der Waals surface area (Å²) in [6.45, 7) is 0.719. The number of fused-ring (bicyclic) bond motifs is 1. The first-order valence-corrected chi connectivity index (χ1v) is 10.8. The predicted molar refractivity (Wildman–Crippen MR) is 130 cm³/mol. The Hall–Kier alpha value is -4.79. The van der Waals surface area contributed by atoms with Crippen LogP contribution >= 0.6 is 0 Å². The second-order valence-electron chi connectivity index (χ2n) is 7.58. The summed E-state index contributed by atoms with van der Waals surface area (Å²) in [6.07, 6.45) is 3.22. The zero-order valence-corrected chi connectivity index (χ0v) is 18.2. The number of carbonyl (C=O) groups excluding carboxylic acids is 1. The number of imidazole rings is 1. The standard InChI is InChI=1S/C25H22N8O/c34-24(21-13-15-27-25(30-21)32-31-22-12-6-7-14-26-22)33(16-18-8-2-1-3-9-18)17-23-28-19-10-4-5-11-20(19)29-23/h1-15H,16-17H2,(H,26,31)(H,28,29)(H,27,30,32). The van der Waals surface area contributed by atoms with Crippen LogP contribution in [0, 0.1) is 0 Å². The van der Waals surface area contributed by atoms with Gasteiger partial charge in [-0.2, -0.15) is 0 Å². The zero-order chi connectivity index (χ0) is 23.2. The first kappa shape index (κ1) is 21.1. The Morgan fingerprint density at radius 2 is 1.62 bits per heavy atom. The van der Waals surface area contributed by atoms with E-state index < -0.39 is 0 Å². The number of aromatic nitrogens is 5. The van der Waals surface area contributed by atoms with Crippen LogP contribution in [-0.2, 0) is 13.1 Å². The van der Waals surface area contributed by atoms with E-state index in [2.05, 4.69) is 35.8 Å². The number of anilines is 2. The van der Waals surface area contributed by atoms with E-state index >= 15 is 0 Å². The lowest BCUT2D eigenvalue weighted by atomic mass is 10.2. The van der Waals surface area contributed by atoms with Gasteiger partial charge in [-0.3, -0.25) is 15.6 Å². The topological polar surface area (TPSA) is 112 Å². The van der Waals surface area contributed by atoms with Crippen molar-refractivity contribution >= 4 is 28.7 Å². The molecule has 34 heavy (non-hydrogen) atoms. The fourth-order valence-corrected chi connectivity index (χ4v) is 3.52. The normalized spacial score (nSPS) is 10.7. The number of carbonyl (C=O) groups is 1. The van der Waals surface area contributed by atoms with Gasteiger partial charge in [0.2, 0.25) is 5.95 Å². The molecule has 0 saturated heterocycles. The molecule has 9 nitrogen and oxygen atoms in total. The van der Waals surface area contributed by atoms with Crippen molar-refractivity contribution in [1.29, 1.82) is 0 Å². The number of nitrogens with zero attached hydrogens (tertiary/aromatic N) is 5. The highest BCUT2D eigenvalue weighted by molar-refractivity contribution is 5.92. The van der Waals surface area contributed by atoms with Crippen LogP contribution in [0.15, 0.2) is 91.3 Å². The largest absolute Gasteiger partial charge is 0.340 e. The van der Waals surface area contributed by atoms with Crippen molar-refractivity contribution < 1.29 is 4.79 Å². The highest BCUT2D eigenvalue weighted by Gasteiger charge is 2.20. The second-order valence-corrected chi connectivity index (χ2v) is 7.58. The van der Waals surface area contributed by atoms with Crippen molar-refractivity contribution in [2.75, 3.05) is 10.9 Å². The fourth-order valence-electron chi connectivity index (χ4n) is 3.52. The van der Waals surface area contributed by atoms with E-state index in [4.69, 9.17) is 0 Å². The van der Waals surface area contributed by atoms with E-state index in [1.165, 1.54) is 0 Å². The minimum atomic E-state index is -0.229. The maximum absolute atomic E-state index is 13.5. The molecule has 9 heteroatoms. The molecule has 0 fully saturated rings. The molecule has 0 aliphatic rings. The molecule has 0 atom stereocenters. The fraction of sp³-hybridized carbons (Fsp3) is 0.0800. The Labute approximate surface area is 195 Å². The smallest absolute Gasteiger partial charge is 0.273 e. The number of hydrogen-bond acceptors (Lipinski definition) is 7. The van der Waals surface area contributed by atoms with Crippen LogP contribution in [0.2, 0.25) is 0 Å². The average molecular weight is 451 g/mol. The van der Waals surface area contributed by atoms with E-state index in [1.54, 1.807) is 29.4 Å². The van der Waals surface area contributed by atoms with E-state index in [0.717, 1.165) is 16.6 Å². The molecule has 0 radical (unpaired) electrons. The number of pyridine rings is 1. The van der Waals surface area contributed by atoms with Crippen molar-refractivity contribution in [3.8, 4) is 0 Å². The minimum Gasteiger partial charge on any atom is -0.340 e. The first-order chi connectivity index (χ1) is 16.7. The number of hydrogen-bond donors (Lipinski definition) is 3. The summed E-state index contributed by atoms with van der Waals surface area (Å²) in [4.78, 5) is 36.0. The Bertz CT molecular complexity index is 1360. The van der Waals surface area contributed by atoms with Crippen LogP contribution in [0.4, 0.5) is 11.8 Å². The Kier molecular flexibility index (Phi) is 6.06. The number of hydrazine groups is 1. The molecule has 2 aromatic carbocycles. The summed E-state index contributed by atoms with van der Waals surface area (Å²) in [5.41, 5.74) is 8.88. The molecule has 5 rings (SSSR count).